The molecule has 35 heavy (non-hydrogen) atoms. The number of ether oxygens (including phenoxy) is 3. The van der Waals surface area contributed by atoms with Gasteiger partial charge >= 0.3 is 11.9 Å². The number of methoxy groups -OCH3 is 1. The minimum absolute atomic E-state index is 0.0886. The number of benzene rings is 2. The lowest BCUT2D eigenvalue weighted by Crippen LogP contribution is -2.36. The van der Waals surface area contributed by atoms with E-state index in [1.54, 1.807) is 69.0 Å². The number of nitro benzene ring substituents is 1. The van der Waals surface area contributed by atoms with Gasteiger partial charge in [0.05, 0.1) is 48.0 Å². The van der Waals surface area contributed by atoms with Crippen LogP contribution in [0, 0.1) is 10.1 Å². The smallest absolute Gasteiger partial charge is 0.336 e. The Morgan fingerprint density at radius 1 is 0.914 bits per heavy atom. The fourth-order valence-electron chi connectivity index (χ4n) is 4.39. The number of allylic oxidation sites excluding steroid dienone is 2. The Labute approximate surface area is 203 Å². The molecule has 184 valence electrons. The second kappa shape index (κ2) is 10.9. The van der Waals surface area contributed by atoms with Gasteiger partial charge in [0.1, 0.15) is 5.75 Å². The van der Waals surface area contributed by atoms with E-state index in [-0.39, 0.29) is 35.6 Å². The molecule has 2 aromatic carbocycles. The summed E-state index contributed by atoms with van der Waals surface area (Å²) in [5.41, 5.74) is 1.72. The standard InChI is InChI=1S/C26H28N2O7/c1-6-34-25(29)22-16(3)27(20-14-10-11-15-21(20)33-5)17(4)23(26(30)35-7-2)24(22)18-12-8-9-13-19(18)28(31)32/h8-15,24H,6-7H2,1-5H3. The molecule has 0 spiro atoms. The first-order chi connectivity index (χ1) is 16.8. The van der Waals surface area contributed by atoms with Crippen molar-refractivity contribution in [2.45, 2.75) is 33.6 Å². The number of para-hydroxylation sites is 3. The van der Waals surface area contributed by atoms with Crippen LogP contribution in [0.15, 0.2) is 71.1 Å². The van der Waals surface area contributed by atoms with Crippen molar-refractivity contribution in [2.75, 3.05) is 25.2 Å². The zero-order valence-electron chi connectivity index (χ0n) is 20.4. The number of carbonyl (C=O) groups is 2. The van der Waals surface area contributed by atoms with E-state index in [0.29, 0.717) is 22.8 Å². The van der Waals surface area contributed by atoms with E-state index in [0.717, 1.165) is 0 Å². The summed E-state index contributed by atoms with van der Waals surface area (Å²) in [6.45, 7) is 6.94. The molecular formula is C26H28N2O7. The molecule has 0 atom stereocenters. The monoisotopic (exact) mass is 480 g/mol. The van der Waals surface area contributed by atoms with Crippen LogP contribution in [0.4, 0.5) is 11.4 Å². The Hall–Kier alpha value is -4.14. The summed E-state index contributed by atoms with van der Waals surface area (Å²) in [6, 6.07) is 13.2. The lowest BCUT2D eigenvalue weighted by molar-refractivity contribution is -0.385. The van der Waals surface area contributed by atoms with Gasteiger partial charge in [0.25, 0.3) is 5.69 Å². The topological polar surface area (TPSA) is 108 Å². The number of esters is 2. The molecule has 2 aromatic rings. The molecule has 0 fully saturated rings. The maximum atomic E-state index is 13.4. The van der Waals surface area contributed by atoms with E-state index in [9.17, 15) is 19.7 Å². The van der Waals surface area contributed by atoms with Gasteiger partial charge in [-0.05, 0) is 39.8 Å². The third-order valence-electron chi connectivity index (χ3n) is 5.79. The van der Waals surface area contributed by atoms with E-state index in [4.69, 9.17) is 14.2 Å². The van der Waals surface area contributed by atoms with Crippen molar-refractivity contribution in [1.29, 1.82) is 0 Å². The van der Waals surface area contributed by atoms with Crippen molar-refractivity contribution < 1.29 is 28.7 Å². The normalized spacial score (nSPS) is 14.1. The summed E-state index contributed by atoms with van der Waals surface area (Å²) < 4.78 is 16.3. The average Bonchev–Trinajstić information content (AvgIpc) is 2.84. The lowest BCUT2D eigenvalue weighted by atomic mass is 9.79. The van der Waals surface area contributed by atoms with Gasteiger partial charge in [0.15, 0.2) is 0 Å². The predicted molar refractivity (Wildman–Crippen MR) is 130 cm³/mol. The molecule has 0 bridgehead atoms. The number of nitrogens with zero attached hydrogens (tertiary/aromatic N) is 2. The van der Waals surface area contributed by atoms with Gasteiger partial charge in [-0.3, -0.25) is 10.1 Å². The van der Waals surface area contributed by atoms with Crippen LogP contribution in [0.2, 0.25) is 0 Å². The Kier molecular flexibility index (Phi) is 7.91. The zero-order valence-corrected chi connectivity index (χ0v) is 20.4. The highest BCUT2D eigenvalue weighted by Crippen LogP contribution is 2.48. The number of carbonyl (C=O) groups excluding carboxylic acids is 2. The number of nitro groups is 1. The Morgan fingerprint density at radius 2 is 1.43 bits per heavy atom. The minimum atomic E-state index is -1.07. The first kappa shape index (κ1) is 25.5. The molecule has 1 aliphatic rings. The van der Waals surface area contributed by atoms with Gasteiger partial charge in [-0.15, -0.1) is 0 Å². The SMILES string of the molecule is CCOC(=O)C1=C(C)N(c2ccccc2OC)C(C)=C(C(=O)OCC)C1c1ccccc1[N+](=O)[O-]. The molecule has 0 saturated carbocycles. The van der Waals surface area contributed by atoms with Gasteiger partial charge < -0.3 is 19.1 Å². The summed E-state index contributed by atoms with van der Waals surface area (Å²) in [5.74, 6) is -1.91. The molecule has 0 aromatic heterocycles. The largest absolute Gasteiger partial charge is 0.495 e. The van der Waals surface area contributed by atoms with Crippen LogP contribution >= 0.6 is 0 Å². The van der Waals surface area contributed by atoms with Crippen LogP contribution < -0.4 is 9.64 Å². The molecule has 1 heterocycles. The summed E-state index contributed by atoms with van der Waals surface area (Å²) in [5, 5.41) is 11.9. The molecule has 0 N–H and O–H groups in total. The molecule has 0 unspecified atom stereocenters. The van der Waals surface area contributed by atoms with Crippen molar-refractivity contribution >= 4 is 23.3 Å². The summed E-state index contributed by atoms with van der Waals surface area (Å²) in [7, 11) is 1.52. The maximum Gasteiger partial charge on any atom is 0.336 e. The van der Waals surface area contributed by atoms with Crippen LogP contribution in [0.1, 0.15) is 39.2 Å². The minimum Gasteiger partial charge on any atom is -0.495 e. The Balaban J connectivity index is 2.43. The summed E-state index contributed by atoms with van der Waals surface area (Å²) in [6.07, 6.45) is 0. The van der Waals surface area contributed by atoms with Gasteiger partial charge in [0, 0.05) is 23.0 Å². The average molecular weight is 481 g/mol. The lowest BCUT2D eigenvalue weighted by Gasteiger charge is -2.38. The third-order valence-corrected chi connectivity index (χ3v) is 5.79. The second-order valence-corrected chi connectivity index (χ2v) is 7.70. The Bertz CT molecular complexity index is 1170. The first-order valence-corrected chi connectivity index (χ1v) is 11.2. The fourth-order valence-corrected chi connectivity index (χ4v) is 4.39. The van der Waals surface area contributed by atoms with E-state index >= 15 is 0 Å². The molecular weight excluding hydrogens is 452 g/mol. The quantitative estimate of drug-likeness (QED) is 0.299. The molecule has 9 nitrogen and oxygen atoms in total. The maximum absolute atomic E-state index is 13.4. The van der Waals surface area contributed by atoms with Crippen molar-refractivity contribution in [3.8, 4) is 5.75 Å². The van der Waals surface area contributed by atoms with E-state index in [1.165, 1.54) is 19.2 Å². The molecule has 9 heteroatoms. The summed E-state index contributed by atoms with van der Waals surface area (Å²) >= 11 is 0. The van der Waals surface area contributed by atoms with Crippen LogP contribution in [0.25, 0.3) is 0 Å². The van der Waals surface area contributed by atoms with Gasteiger partial charge in [-0.1, -0.05) is 30.3 Å². The molecule has 0 radical (unpaired) electrons. The summed E-state index contributed by atoms with van der Waals surface area (Å²) in [4.78, 5) is 39.8. The number of hydrogen-bond acceptors (Lipinski definition) is 8. The van der Waals surface area contributed by atoms with Gasteiger partial charge in [-0.2, -0.15) is 0 Å². The predicted octanol–water partition coefficient (Wildman–Crippen LogP) is 4.88. The highest BCUT2D eigenvalue weighted by atomic mass is 16.6. The van der Waals surface area contributed by atoms with Crippen LogP contribution in [0.3, 0.4) is 0 Å². The van der Waals surface area contributed by atoms with Crippen molar-refractivity contribution in [3.63, 3.8) is 0 Å². The van der Waals surface area contributed by atoms with Crippen molar-refractivity contribution in [1.82, 2.24) is 0 Å². The van der Waals surface area contributed by atoms with Gasteiger partial charge in [-0.25, -0.2) is 9.59 Å². The zero-order chi connectivity index (χ0) is 25.7. The van der Waals surface area contributed by atoms with E-state index in [1.807, 2.05) is 0 Å². The fraction of sp³-hybridized carbons (Fsp3) is 0.308. The van der Waals surface area contributed by atoms with E-state index < -0.39 is 22.8 Å². The van der Waals surface area contributed by atoms with Crippen LogP contribution in [-0.2, 0) is 19.1 Å². The van der Waals surface area contributed by atoms with E-state index in [2.05, 4.69) is 0 Å². The van der Waals surface area contributed by atoms with Crippen LogP contribution in [0.5, 0.6) is 5.75 Å². The number of hydrogen-bond donors (Lipinski definition) is 0. The highest BCUT2D eigenvalue weighted by molar-refractivity contribution is 6.02. The molecule has 0 aliphatic carbocycles. The highest BCUT2D eigenvalue weighted by Gasteiger charge is 2.43. The first-order valence-electron chi connectivity index (χ1n) is 11.2. The molecule has 0 amide bonds. The van der Waals surface area contributed by atoms with Crippen molar-refractivity contribution in [2.24, 2.45) is 0 Å². The van der Waals surface area contributed by atoms with Crippen LogP contribution in [-0.4, -0.2) is 37.2 Å². The Morgan fingerprint density at radius 3 is 1.94 bits per heavy atom. The molecule has 1 aliphatic heterocycles. The van der Waals surface area contributed by atoms with Gasteiger partial charge in [0.2, 0.25) is 0 Å². The molecule has 3 rings (SSSR count). The number of anilines is 1. The molecule has 0 saturated heterocycles. The van der Waals surface area contributed by atoms with Crippen molar-refractivity contribution in [3.05, 3.63) is 86.7 Å². The second-order valence-electron chi connectivity index (χ2n) is 7.70. The number of rotatable bonds is 8. The third kappa shape index (κ3) is 4.75.